The highest BCUT2D eigenvalue weighted by Gasteiger charge is 2.31. The molecule has 1 aromatic heterocycles. The van der Waals surface area contributed by atoms with E-state index in [1.54, 1.807) is 12.3 Å². The maximum atomic E-state index is 12.1. The topological polar surface area (TPSA) is 80.1 Å². The van der Waals surface area contributed by atoms with Crippen LogP contribution in [0.25, 0.3) is 6.08 Å². The quantitative estimate of drug-likeness (QED) is 0.763. The summed E-state index contributed by atoms with van der Waals surface area (Å²) in [5.41, 5.74) is 5.90. The van der Waals surface area contributed by atoms with Gasteiger partial charge in [-0.3, -0.25) is 4.79 Å². The molecule has 1 amide bonds. The number of rotatable bonds is 3. The van der Waals surface area contributed by atoms with Crippen LogP contribution in [0, 0.1) is 0 Å². The van der Waals surface area contributed by atoms with Gasteiger partial charge in [-0.1, -0.05) is 0 Å². The van der Waals surface area contributed by atoms with Crippen molar-refractivity contribution in [3.63, 3.8) is 0 Å². The second-order valence-corrected chi connectivity index (χ2v) is 3.70. The minimum atomic E-state index is -4.48. The van der Waals surface area contributed by atoms with Gasteiger partial charge in [-0.2, -0.15) is 13.2 Å². The van der Waals surface area contributed by atoms with Gasteiger partial charge < -0.3 is 20.8 Å². The van der Waals surface area contributed by atoms with E-state index in [0.717, 1.165) is 0 Å². The van der Waals surface area contributed by atoms with Crippen molar-refractivity contribution >= 4 is 12.0 Å². The number of hydrogen-bond donors (Lipinski definition) is 3. The Balaban J connectivity index is 2.34. The van der Waals surface area contributed by atoms with Gasteiger partial charge in [0.05, 0.1) is 0 Å². The fraction of sp³-hybridized carbons (Fsp3) is 0.300. The standard InChI is InChI=1S/C10H10F3N3O2/c11-10(12,13)4-18-8-5-3-15-2-1-6(5)16-7(8)9(14)17/h1-2,15-16H,3-4H2,(H2,14,17). The summed E-state index contributed by atoms with van der Waals surface area (Å²) in [5, 5.41) is 2.82. The Hall–Kier alpha value is -2.12. The number of carbonyl (C=O) groups is 1. The van der Waals surface area contributed by atoms with Gasteiger partial charge in [-0.15, -0.1) is 0 Å². The zero-order valence-corrected chi connectivity index (χ0v) is 9.10. The predicted octanol–water partition coefficient (Wildman–Crippen LogP) is 1.13. The van der Waals surface area contributed by atoms with Gasteiger partial charge in [-0.25, -0.2) is 0 Å². The molecule has 0 unspecified atom stereocenters. The molecule has 1 aromatic rings. The highest BCUT2D eigenvalue weighted by Crippen LogP contribution is 2.31. The normalized spacial score (nSPS) is 13.9. The molecule has 0 aliphatic carbocycles. The van der Waals surface area contributed by atoms with Crippen molar-refractivity contribution < 1.29 is 22.7 Å². The highest BCUT2D eigenvalue weighted by atomic mass is 19.4. The monoisotopic (exact) mass is 261 g/mol. The first-order valence-corrected chi connectivity index (χ1v) is 5.02. The minimum Gasteiger partial charge on any atom is -0.481 e. The zero-order chi connectivity index (χ0) is 13.3. The van der Waals surface area contributed by atoms with Crippen molar-refractivity contribution in [2.75, 3.05) is 6.61 Å². The number of fused-ring (bicyclic) bond motifs is 1. The Morgan fingerprint density at radius 2 is 2.22 bits per heavy atom. The molecular weight excluding hydrogens is 251 g/mol. The maximum Gasteiger partial charge on any atom is 0.422 e. The fourth-order valence-corrected chi connectivity index (χ4v) is 1.65. The van der Waals surface area contributed by atoms with E-state index in [1.165, 1.54) is 0 Å². The number of alkyl halides is 3. The molecule has 1 aliphatic rings. The lowest BCUT2D eigenvalue weighted by molar-refractivity contribution is -0.153. The summed E-state index contributed by atoms with van der Waals surface area (Å²) in [6.07, 6.45) is -1.28. The maximum absolute atomic E-state index is 12.1. The number of nitrogens with one attached hydrogen (secondary N) is 2. The Morgan fingerprint density at radius 3 is 2.83 bits per heavy atom. The second kappa shape index (κ2) is 4.28. The van der Waals surface area contributed by atoms with Crippen LogP contribution in [0.3, 0.4) is 0 Å². The van der Waals surface area contributed by atoms with Gasteiger partial charge in [0.1, 0.15) is 5.69 Å². The van der Waals surface area contributed by atoms with E-state index < -0.39 is 18.7 Å². The van der Waals surface area contributed by atoms with E-state index in [9.17, 15) is 18.0 Å². The molecule has 0 aromatic carbocycles. The number of halogens is 3. The molecule has 2 rings (SSSR count). The number of primary amides is 1. The summed E-state index contributed by atoms with van der Waals surface area (Å²) in [7, 11) is 0. The van der Waals surface area contributed by atoms with Crippen LogP contribution in [-0.2, 0) is 6.54 Å². The van der Waals surface area contributed by atoms with Crippen molar-refractivity contribution in [1.82, 2.24) is 10.3 Å². The van der Waals surface area contributed by atoms with Gasteiger partial charge in [-0.05, 0) is 12.3 Å². The molecular formula is C10H10F3N3O2. The number of H-pyrrole nitrogens is 1. The zero-order valence-electron chi connectivity index (χ0n) is 9.10. The SMILES string of the molecule is NC(=O)c1[nH]c2c(c1OCC(F)(F)F)CNC=C2. The first-order chi connectivity index (χ1) is 8.38. The van der Waals surface area contributed by atoms with Crippen molar-refractivity contribution in [3.05, 3.63) is 23.2 Å². The molecule has 0 atom stereocenters. The van der Waals surface area contributed by atoms with Crippen molar-refractivity contribution in [2.24, 2.45) is 5.73 Å². The van der Waals surface area contributed by atoms with Crippen LogP contribution in [0.5, 0.6) is 5.75 Å². The number of aromatic amines is 1. The molecule has 8 heteroatoms. The second-order valence-electron chi connectivity index (χ2n) is 3.70. The summed E-state index contributed by atoms with van der Waals surface area (Å²) in [6.45, 7) is -1.20. The van der Waals surface area contributed by atoms with E-state index >= 15 is 0 Å². The van der Waals surface area contributed by atoms with Gasteiger partial charge in [0, 0.05) is 17.8 Å². The highest BCUT2D eigenvalue weighted by molar-refractivity contribution is 5.95. The Morgan fingerprint density at radius 1 is 1.50 bits per heavy atom. The number of ether oxygens (including phenoxy) is 1. The van der Waals surface area contributed by atoms with E-state index in [4.69, 9.17) is 5.73 Å². The summed E-state index contributed by atoms with van der Waals surface area (Å²) in [4.78, 5) is 13.8. The average molecular weight is 261 g/mol. The molecule has 0 bridgehead atoms. The van der Waals surface area contributed by atoms with Crippen LogP contribution in [-0.4, -0.2) is 23.7 Å². The van der Waals surface area contributed by atoms with Gasteiger partial charge >= 0.3 is 6.18 Å². The lowest BCUT2D eigenvalue weighted by atomic mass is 10.1. The number of carbonyl (C=O) groups excluding carboxylic acids is 1. The smallest absolute Gasteiger partial charge is 0.422 e. The lowest BCUT2D eigenvalue weighted by Gasteiger charge is -2.13. The third-order valence-corrected chi connectivity index (χ3v) is 2.36. The van der Waals surface area contributed by atoms with E-state index in [-0.39, 0.29) is 18.0 Å². The number of aromatic nitrogens is 1. The fourth-order valence-electron chi connectivity index (χ4n) is 1.65. The Bertz CT molecular complexity index is 505. The van der Waals surface area contributed by atoms with Crippen LogP contribution < -0.4 is 15.8 Å². The van der Waals surface area contributed by atoms with E-state index in [2.05, 4.69) is 15.0 Å². The van der Waals surface area contributed by atoms with Crippen LogP contribution in [0.1, 0.15) is 21.7 Å². The number of hydrogen-bond acceptors (Lipinski definition) is 3. The van der Waals surface area contributed by atoms with Crippen molar-refractivity contribution in [1.29, 1.82) is 0 Å². The average Bonchev–Trinajstić information content (AvgIpc) is 2.64. The summed E-state index contributed by atoms with van der Waals surface area (Å²) in [5.74, 6) is -1.01. The first kappa shape index (κ1) is 12.3. The Kier molecular flexibility index (Phi) is 2.93. The summed E-state index contributed by atoms with van der Waals surface area (Å²) < 4.78 is 41.1. The van der Waals surface area contributed by atoms with Crippen molar-refractivity contribution in [3.8, 4) is 5.75 Å². The van der Waals surface area contributed by atoms with Crippen LogP contribution in [0.15, 0.2) is 6.20 Å². The molecule has 4 N–H and O–H groups in total. The van der Waals surface area contributed by atoms with Gasteiger partial charge in [0.25, 0.3) is 5.91 Å². The van der Waals surface area contributed by atoms with Gasteiger partial charge in [0.2, 0.25) is 0 Å². The molecule has 2 heterocycles. The van der Waals surface area contributed by atoms with Crippen LogP contribution >= 0.6 is 0 Å². The molecule has 5 nitrogen and oxygen atoms in total. The molecule has 0 saturated heterocycles. The van der Waals surface area contributed by atoms with Crippen molar-refractivity contribution in [2.45, 2.75) is 12.7 Å². The molecule has 0 saturated carbocycles. The van der Waals surface area contributed by atoms with Crippen LogP contribution in [0.2, 0.25) is 0 Å². The third-order valence-electron chi connectivity index (χ3n) is 2.36. The summed E-state index contributed by atoms with van der Waals surface area (Å²) in [6, 6.07) is 0. The number of nitrogens with two attached hydrogens (primary N) is 1. The van der Waals surface area contributed by atoms with Gasteiger partial charge in [0.15, 0.2) is 12.4 Å². The molecule has 0 spiro atoms. The molecule has 0 radical (unpaired) electrons. The lowest BCUT2D eigenvalue weighted by Crippen LogP contribution is -2.22. The van der Waals surface area contributed by atoms with Crippen LogP contribution in [0.4, 0.5) is 13.2 Å². The Labute approximate surface area is 99.8 Å². The van der Waals surface area contributed by atoms with E-state index in [1.807, 2.05) is 0 Å². The first-order valence-electron chi connectivity index (χ1n) is 5.02. The largest absolute Gasteiger partial charge is 0.481 e. The molecule has 1 aliphatic heterocycles. The molecule has 0 fully saturated rings. The summed E-state index contributed by atoms with van der Waals surface area (Å²) >= 11 is 0. The molecule has 98 valence electrons. The third kappa shape index (κ3) is 2.41. The number of amides is 1. The predicted molar refractivity (Wildman–Crippen MR) is 56.7 cm³/mol. The minimum absolute atomic E-state index is 0.147. The molecule has 18 heavy (non-hydrogen) atoms. The van der Waals surface area contributed by atoms with E-state index in [0.29, 0.717) is 11.3 Å².